The van der Waals surface area contributed by atoms with Gasteiger partial charge in [-0.25, -0.2) is 9.59 Å². The molecule has 4 aromatic rings. The Morgan fingerprint density at radius 2 is 1.23 bits per heavy atom. The van der Waals surface area contributed by atoms with E-state index in [2.05, 4.69) is 44.2 Å². The maximum absolute atomic E-state index is 14.0. The summed E-state index contributed by atoms with van der Waals surface area (Å²) >= 11 is 0. The SMILES string of the molecule is C=C(C)C(=C)CCCCC(=O)c1ccc(Cc2ccc(C(=O)OCCOC(=O)C(=C)C)c(C(C)CC)c2)cc1C(=O)Nc1ccc(Oc2ccc(NC(C)CC)cc2)cc1. The molecular formula is C51H60N2O7. The van der Waals surface area contributed by atoms with E-state index in [1.807, 2.05) is 63.2 Å². The van der Waals surface area contributed by atoms with Crippen LogP contribution in [0.25, 0.3) is 0 Å². The maximum Gasteiger partial charge on any atom is 0.338 e. The lowest BCUT2D eigenvalue weighted by molar-refractivity contribution is -0.140. The number of benzene rings is 4. The van der Waals surface area contributed by atoms with Gasteiger partial charge in [0.15, 0.2) is 5.78 Å². The summed E-state index contributed by atoms with van der Waals surface area (Å²) in [6.07, 6.45) is 4.75. The van der Waals surface area contributed by atoms with E-state index in [4.69, 9.17) is 14.2 Å². The molecule has 0 aromatic heterocycles. The number of Topliss-reactive ketones (excluding diaryl/α,β-unsaturated/α-hetero) is 1. The quantitative estimate of drug-likeness (QED) is 0.0250. The molecule has 4 aromatic carbocycles. The standard InChI is InChI=1S/C51H60N2O7/c1-10-35(7)46-31-38(17-27-45(46)51(57)59-29-28-58-50(56)34(5)6)30-39-16-26-44(48(54)15-13-12-14-36(8)33(3)4)47(32-39)49(55)53-41-20-24-43(25-21-41)60-42-22-18-40(19-23-42)52-37(9)11-2/h16-27,31-32,35,37,52H,3,5,8,10-15,28-30H2,1-2,4,6-7,9H3,(H,53,55). The summed E-state index contributed by atoms with van der Waals surface area (Å²) in [6, 6.07) is 26.3. The lowest BCUT2D eigenvalue weighted by Gasteiger charge is -2.17. The van der Waals surface area contributed by atoms with Gasteiger partial charge in [-0.05, 0) is 143 Å². The molecule has 1 amide bonds. The Balaban J connectivity index is 1.53. The minimum absolute atomic E-state index is 0.0525. The maximum atomic E-state index is 14.0. The van der Waals surface area contributed by atoms with Gasteiger partial charge < -0.3 is 24.8 Å². The van der Waals surface area contributed by atoms with Gasteiger partial charge in [-0.15, -0.1) is 0 Å². The molecule has 9 nitrogen and oxygen atoms in total. The summed E-state index contributed by atoms with van der Waals surface area (Å²) in [5.41, 5.74) is 7.42. The van der Waals surface area contributed by atoms with Crippen molar-refractivity contribution in [2.75, 3.05) is 23.8 Å². The number of hydrogen-bond acceptors (Lipinski definition) is 8. The van der Waals surface area contributed by atoms with Gasteiger partial charge in [0.2, 0.25) is 0 Å². The van der Waals surface area contributed by atoms with Crippen LogP contribution in [-0.4, -0.2) is 42.9 Å². The lowest BCUT2D eigenvalue weighted by atomic mass is 9.89. The average molecular weight is 813 g/mol. The highest BCUT2D eigenvalue weighted by Crippen LogP contribution is 2.29. The Bertz CT molecular complexity index is 2170. The zero-order valence-electron chi connectivity index (χ0n) is 36.1. The summed E-state index contributed by atoms with van der Waals surface area (Å²) in [5, 5.41) is 6.43. The normalized spacial score (nSPS) is 11.8. The van der Waals surface area contributed by atoms with Crippen molar-refractivity contribution >= 4 is 35.0 Å². The Morgan fingerprint density at radius 1 is 0.650 bits per heavy atom. The molecule has 0 spiro atoms. The second-order valence-corrected chi connectivity index (χ2v) is 15.4. The van der Waals surface area contributed by atoms with Crippen LogP contribution in [0.15, 0.2) is 121 Å². The number of rotatable bonds is 23. The van der Waals surface area contributed by atoms with E-state index >= 15 is 0 Å². The van der Waals surface area contributed by atoms with E-state index in [0.29, 0.717) is 47.2 Å². The van der Waals surface area contributed by atoms with Crippen LogP contribution in [0.4, 0.5) is 11.4 Å². The zero-order valence-corrected chi connectivity index (χ0v) is 36.1. The van der Waals surface area contributed by atoms with Crippen molar-refractivity contribution in [3.05, 3.63) is 155 Å². The van der Waals surface area contributed by atoms with Crippen molar-refractivity contribution in [2.24, 2.45) is 0 Å². The fourth-order valence-corrected chi connectivity index (χ4v) is 6.29. The van der Waals surface area contributed by atoms with Gasteiger partial charge in [-0.1, -0.05) is 75.9 Å². The van der Waals surface area contributed by atoms with Crippen molar-refractivity contribution in [2.45, 2.75) is 98.4 Å². The monoisotopic (exact) mass is 812 g/mol. The fourth-order valence-electron chi connectivity index (χ4n) is 6.29. The van der Waals surface area contributed by atoms with E-state index in [1.54, 1.807) is 49.4 Å². The first-order valence-corrected chi connectivity index (χ1v) is 20.8. The number of carbonyl (C=O) groups excluding carboxylic acids is 4. The molecule has 0 saturated heterocycles. The number of esters is 2. The van der Waals surface area contributed by atoms with Crippen LogP contribution in [0.5, 0.6) is 11.5 Å². The highest BCUT2D eigenvalue weighted by Gasteiger charge is 2.21. The molecule has 2 N–H and O–H groups in total. The highest BCUT2D eigenvalue weighted by molar-refractivity contribution is 6.12. The third kappa shape index (κ3) is 14.0. The number of hydrogen-bond donors (Lipinski definition) is 2. The number of nitrogens with one attached hydrogen (secondary N) is 2. The van der Waals surface area contributed by atoms with Crippen LogP contribution in [0, 0.1) is 0 Å². The lowest BCUT2D eigenvalue weighted by Crippen LogP contribution is -2.17. The fraction of sp³-hybridized carbons (Fsp3) is 0.333. The second kappa shape index (κ2) is 22.8. The molecule has 0 radical (unpaired) electrons. The average Bonchev–Trinajstić information content (AvgIpc) is 3.24. The number of ketones is 1. The van der Waals surface area contributed by atoms with Gasteiger partial charge >= 0.3 is 11.9 Å². The van der Waals surface area contributed by atoms with Crippen molar-refractivity contribution < 1.29 is 33.4 Å². The second-order valence-electron chi connectivity index (χ2n) is 15.4. The minimum Gasteiger partial charge on any atom is -0.459 e. The van der Waals surface area contributed by atoms with Gasteiger partial charge in [0.1, 0.15) is 24.7 Å². The molecule has 2 unspecified atom stereocenters. The molecule has 0 fully saturated rings. The topological polar surface area (TPSA) is 120 Å². The predicted octanol–water partition coefficient (Wildman–Crippen LogP) is 12.2. The molecule has 0 bridgehead atoms. The third-order valence-corrected chi connectivity index (χ3v) is 10.4. The van der Waals surface area contributed by atoms with Crippen LogP contribution >= 0.6 is 0 Å². The molecule has 0 aliphatic heterocycles. The highest BCUT2D eigenvalue weighted by atomic mass is 16.6. The molecule has 0 heterocycles. The van der Waals surface area contributed by atoms with E-state index in [9.17, 15) is 19.2 Å². The number of allylic oxidation sites excluding steroid dienone is 2. The van der Waals surface area contributed by atoms with E-state index in [1.165, 1.54) is 0 Å². The molecule has 0 aliphatic rings. The van der Waals surface area contributed by atoms with Gasteiger partial charge in [-0.3, -0.25) is 9.59 Å². The third-order valence-electron chi connectivity index (χ3n) is 10.4. The van der Waals surface area contributed by atoms with Crippen molar-refractivity contribution in [3.8, 4) is 11.5 Å². The molecule has 2 atom stereocenters. The number of carbonyl (C=O) groups is 4. The van der Waals surface area contributed by atoms with Gasteiger partial charge in [0.25, 0.3) is 5.91 Å². The van der Waals surface area contributed by atoms with Crippen LogP contribution in [0.1, 0.15) is 134 Å². The number of amides is 1. The van der Waals surface area contributed by atoms with Crippen LogP contribution in [0.2, 0.25) is 0 Å². The smallest absolute Gasteiger partial charge is 0.338 e. The Hall–Kier alpha value is -6.22. The molecular weight excluding hydrogens is 753 g/mol. The minimum atomic E-state index is -0.540. The van der Waals surface area contributed by atoms with Gasteiger partial charge in [0.05, 0.1) is 11.1 Å². The Morgan fingerprint density at radius 3 is 1.83 bits per heavy atom. The summed E-state index contributed by atoms with van der Waals surface area (Å²) in [5.74, 6) is -0.201. The first-order chi connectivity index (χ1) is 28.7. The molecule has 60 heavy (non-hydrogen) atoms. The molecule has 0 aliphatic carbocycles. The van der Waals surface area contributed by atoms with Crippen LogP contribution < -0.4 is 15.4 Å². The van der Waals surface area contributed by atoms with Gasteiger partial charge in [0, 0.05) is 35.0 Å². The molecule has 4 rings (SSSR count). The Labute approximate surface area is 355 Å². The molecule has 0 saturated carbocycles. The molecule has 316 valence electrons. The summed E-state index contributed by atoms with van der Waals surface area (Å²) < 4.78 is 16.6. The van der Waals surface area contributed by atoms with Crippen molar-refractivity contribution in [3.63, 3.8) is 0 Å². The van der Waals surface area contributed by atoms with Gasteiger partial charge in [-0.2, -0.15) is 0 Å². The van der Waals surface area contributed by atoms with Crippen molar-refractivity contribution in [1.82, 2.24) is 0 Å². The summed E-state index contributed by atoms with van der Waals surface area (Å²) in [4.78, 5) is 52.5. The van der Waals surface area contributed by atoms with Crippen LogP contribution in [-0.2, 0) is 20.7 Å². The summed E-state index contributed by atoms with van der Waals surface area (Å²) in [6.45, 7) is 23.3. The van der Waals surface area contributed by atoms with E-state index in [0.717, 1.165) is 59.2 Å². The van der Waals surface area contributed by atoms with E-state index < -0.39 is 17.8 Å². The zero-order chi connectivity index (χ0) is 43.8. The largest absolute Gasteiger partial charge is 0.459 e. The first-order valence-electron chi connectivity index (χ1n) is 20.8. The molecule has 9 heteroatoms. The van der Waals surface area contributed by atoms with Crippen molar-refractivity contribution in [1.29, 1.82) is 0 Å². The first kappa shape index (κ1) is 46.5. The number of ether oxygens (including phenoxy) is 3. The predicted molar refractivity (Wildman–Crippen MR) is 241 cm³/mol. The van der Waals surface area contributed by atoms with Crippen LogP contribution in [0.3, 0.4) is 0 Å². The number of anilines is 2. The number of unbranched alkanes of at least 4 members (excludes halogenated alkanes) is 1. The Kier molecular flexibility index (Phi) is 17.7. The van der Waals surface area contributed by atoms with E-state index in [-0.39, 0.29) is 42.5 Å². The summed E-state index contributed by atoms with van der Waals surface area (Å²) in [7, 11) is 0.